The van der Waals surface area contributed by atoms with Gasteiger partial charge in [0, 0.05) is 23.4 Å². The predicted octanol–water partition coefficient (Wildman–Crippen LogP) is 3.53. The average Bonchev–Trinajstić information content (AvgIpc) is 3.08. The lowest BCUT2D eigenvalue weighted by molar-refractivity contribution is 0.474. The van der Waals surface area contributed by atoms with Crippen LogP contribution in [0.25, 0.3) is 0 Å². The summed E-state index contributed by atoms with van der Waals surface area (Å²) in [5, 5.41) is 18.3. The Balaban J connectivity index is 1.91. The van der Waals surface area contributed by atoms with Gasteiger partial charge in [0.05, 0.1) is 6.54 Å². The number of hydrogen-bond donors (Lipinski definition) is 3. The Morgan fingerprint density at radius 3 is 2.71 bits per heavy atom. The molecule has 0 saturated heterocycles. The molecule has 0 amide bonds. The van der Waals surface area contributed by atoms with Crippen molar-refractivity contribution in [3.63, 3.8) is 0 Å². The molecule has 1 aromatic heterocycles. The molecule has 2 rings (SSSR count). The SMILES string of the molecule is CCNC(=NCC(C)(C)c1cccs1)NCCc1cccc(O)c1. The van der Waals surface area contributed by atoms with E-state index in [1.807, 2.05) is 12.1 Å². The number of rotatable bonds is 7. The van der Waals surface area contributed by atoms with E-state index in [0.29, 0.717) is 5.75 Å². The third-order valence-corrected chi connectivity index (χ3v) is 5.02. The van der Waals surface area contributed by atoms with Gasteiger partial charge >= 0.3 is 0 Å². The lowest BCUT2D eigenvalue weighted by Crippen LogP contribution is -2.39. The number of hydrogen-bond acceptors (Lipinski definition) is 3. The minimum atomic E-state index is 0.0295. The molecule has 130 valence electrons. The average molecular weight is 346 g/mol. The van der Waals surface area contributed by atoms with E-state index in [1.165, 1.54) is 4.88 Å². The highest BCUT2D eigenvalue weighted by atomic mass is 32.1. The molecular formula is C19H27N3OS. The number of phenolic OH excluding ortho intramolecular Hbond substituents is 1. The number of aromatic hydroxyl groups is 1. The molecule has 0 radical (unpaired) electrons. The first-order valence-corrected chi connectivity index (χ1v) is 9.23. The maximum absolute atomic E-state index is 9.51. The van der Waals surface area contributed by atoms with Crippen LogP contribution in [0.4, 0.5) is 0 Å². The molecule has 0 aliphatic carbocycles. The Morgan fingerprint density at radius 2 is 2.04 bits per heavy atom. The van der Waals surface area contributed by atoms with Gasteiger partial charge in [-0.25, -0.2) is 0 Å². The van der Waals surface area contributed by atoms with Crippen LogP contribution in [-0.2, 0) is 11.8 Å². The molecule has 0 aliphatic heterocycles. The van der Waals surface area contributed by atoms with E-state index in [4.69, 9.17) is 4.99 Å². The van der Waals surface area contributed by atoms with E-state index >= 15 is 0 Å². The predicted molar refractivity (Wildman–Crippen MR) is 103 cm³/mol. The Labute approximate surface area is 148 Å². The quantitative estimate of drug-likeness (QED) is 0.531. The number of aliphatic imine (C=N–C) groups is 1. The highest BCUT2D eigenvalue weighted by Crippen LogP contribution is 2.27. The van der Waals surface area contributed by atoms with Crippen LogP contribution in [-0.4, -0.2) is 30.7 Å². The molecule has 0 unspecified atom stereocenters. The van der Waals surface area contributed by atoms with E-state index in [-0.39, 0.29) is 5.41 Å². The fourth-order valence-electron chi connectivity index (χ4n) is 2.40. The lowest BCUT2D eigenvalue weighted by atomic mass is 9.92. The Morgan fingerprint density at radius 1 is 1.21 bits per heavy atom. The van der Waals surface area contributed by atoms with Crippen molar-refractivity contribution in [1.82, 2.24) is 10.6 Å². The van der Waals surface area contributed by atoms with Crippen molar-refractivity contribution in [1.29, 1.82) is 0 Å². The van der Waals surface area contributed by atoms with E-state index in [0.717, 1.165) is 37.6 Å². The third kappa shape index (κ3) is 5.57. The van der Waals surface area contributed by atoms with E-state index in [9.17, 15) is 5.11 Å². The van der Waals surface area contributed by atoms with Gasteiger partial charge in [0.2, 0.25) is 0 Å². The number of phenols is 1. The molecule has 0 spiro atoms. The van der Waals surface area contributed by atoms with Crippen LogP contribution in [0.3, 0.4) is 0 Å². The molecule has 4 nitrogen and oxygen atoms in total. The van der Waals surface area contributed by atoms with Crippen LogP contribution in [0.5, 0.6) is 5.75 Å². The van der Waals surface area contributed by atoms with Crippen LogP contribution in [0, 0.1) is 0 Å². The normalized spacial score (nSPS) is 12.2. The summed E-state index contributed by atoms with van der Waals surface area (Å²) >= 11 is 1.78. The Kier molecular flexibility index (Phi) is 6.67. The first kappa shape index (κ1) is 18.3. The fourth-order valence-corrected chi connectivity index (χ4v) is 3.24. The van der Waals surface area contributed by atoms with E-state index in [2.05, 4.69) is 48.9 Å². The molecule has 0 aliphatic rings. The molecule has 0 saturated carbocycles. The van der Waals surface area contributed by atoms with Gasteiger partial charge in [0.25, 0.3) is 0 Å². The number of thiophene rings is 1. The van der Waals surface area contributed by atoms with Gasteiger partial charge in [-0.3, -0.25) is 4.99 Å². The smallest absolute Gasteiger partial charge is 0.191 e. The van der Waals surface area contributed by atoms with Crippen molar-refractivity contribution in [2.75, 3.05) is 19.6 Å². The summed E-state index contributed by atoms with van der Waals surface area (Å²) in [5.74, 6) is 1.15. The van der Waals surface area contributed by atoms with Crippen LogP contribution in [0.1, 0.15) is 31.2 Å². The Bertz CT molecular complexity index is 650. The van der Waals surface area contributed by atoms with Gasteiger partial charge < -0.3 is 15.7 Å². The standard InChI is InChI=1S/C19H27N3OS/c1-4-20-18(21-11-10-15-7-5-8-16(23)13-15)22-14-19(2,3)17-9-6-12-24-17/h5-9,12-13,23H,4,10-11,14H2,1-3H3,(H2,20,21,22). The zero-order chi connectivity index (χ0) is 17.4. The van der Waals surface area contributed by atoms with Crippen LogP contribution >= 0.6 is 11.3 Å². The molecular weight excluding hydrogens is 318 g/mol. The van der Waals surface area contributed by atoms with Crippen LogP contribution < -0.4 is 10.6 Å². The minimum Gasteiger partial charge on any atom is -0.508 e. The van der Waals surface area contributed by atoms with Crippen molar-refractivity contribution in [2.24, 2.45) is 4.99 Å². The number of guanidine groups is 1. The highest BCUT2D eigenvalue weighted by Gasteiger charge is 2.21. The molecule has 5 heteroatoms. The minimum absolute atomic E-state index is 0.0295. The van der Waals surface area contributed by atoms with Gasteiger partial charge in [-0.05, 0) is 42.5 Å². The summed E-state index contributed by atoms with van der Waals surface area (Å²) in [5.41, 5.74) is 1.14. The summed E-state index contributed by atoms with van der Waals surface area (Å²) in [6.45, 7) is 8.84. The van der Waals surface area contributed by atoms with Crippen molar-refractivity contribution < 1.29 is 5.11 Å². The van der Waals surface area contributed by atoms with Crippen LogP contribution in [0.15, 0.2) is 46.8 Å². The first-order valence-electron chi connectivity index (χ1n) is 8.35. The monoisotopic (exact) mass is 345 g/mol. The Hall–Kier alpha value is -2.01. The largest absolute Gasteiger partial charge is 0.508 e. The zero-order valence-corrected chi connectivity index (χ0v) is 15.5. The molecule has 1 heterocycles. The van der Waals surface area contributed by atoms with E-state index < -0.39 is 0 Å². The second-order valence-corrected chi connectivity index (χ2v) is 7.35. The summed E-state index contributed by atoms with van der Waals surface area (Å²) in [7, 11) is 0. The van der Waals surface area contributed by atoms with Crippen molar-refractivity contribution in [3.05, 3.63) is 52.2 Å². The van der Waals surface area contributed by atoms with Gasteiger partial charge in [-0.2, -0.15) is 0 Å². The first-order chi connectivity index (χ1) is 11.5. The molecule has 2 aromatic rings. The molecule has 0 atom stereocenters. The lowest BCUT2D eigenvalue weighted by Gasteiger charge is -2.21. The van der Waals surface area contributed by atoms with Crippen molar-refractivity contribution in [2.45, 2.75) is 32.6 Å². The summed E-state index contributed by atoms with van der Waals surface area (Å²) in [6.07, 6.45) is 0.840. The number of nitrogens with zero attached hydrogens (tertiary/aromatic N) is 1. The third-order valence-electron chi connectivity index (χ3n) is 3.78. The van der Waals surface area contributed by atoms with Gasteiger partial charge in [-0.1, -0.05) is 32.0 Å². The maximum atomic E-state index is 9.51. The second-order valence-electron chi connectivity index (χ2n) is 6.40. The molecule has 1 aromatic carbocycles. The molecule has 0 bridgehead atoms. The van der Waals surface area contributed by atoms with E-state index in [1.54, 1.807) is 23.5 Å². The second kappa shape index (κ2) is 8.73. The number of nitrogens with one attached hydrogen (secondary N) is 2. The molecule has 3 N–H and O–H groups in total. The summed E-state index contributed by atoms with van der Waals surface area (Å²) < 4.78 is 0. The molecule has 0 fully saturated rings. The van der Waals surface area contributed by atoms with Gasteiger partial charge in [0.1, 0.15) is 5.75 Å². The fraction of sp³-hybridized carbons (Fsp3) is 0.421. The topological polar surface area (TPSA) is 56.7 Å². The number of benzene rings is 1. The van der Waals surface area contributed by atoms with Crippen LogP contribution in [0.2, 0.25) is 0 Å². The molecule has 24 heavy (non-hydrogen) atoms. The summed E-state index contributed by atoms with van der Waals surface area (Å²) in [4.78, 5) is 6.09. The van der Waals surface area contributed by atoms with Crippen molar-refractivity contribution >= 4 is 17.3 Å². The van der Waals surface area contributed by atoms with Gasteiger partial charge in [-0.15, -0.1) is 11.3 Å². The highest BCUT2D eigenvalue weighted by molar-refractivity contribution is 7.10. The van der Waals surface area contributed by atoms with Gasteiger partial charge in [0.15, 0.2) is 5.96 Å². The summed E-state index contributed by atoms with van der Waals surface area (Å²) in [6, 6.07) is 11.6. The maximum Gasteiger partial charge on any atom is 0.191 e. The zero-order valence-electron chi connectivity index (χ0n) is 14.7. The van der Waals surface area contributed by atoms with Crippen molar-refractivity contribution in [3.8, 4) is 5.75 Å².